The first-order valence-electron chi connectivity index (χ1n) is 7.31. The highest BCUT2D eigenvalue weighted by molar-refractivity contribution is 14.0. The van der Waals surface area contributed by atoms with Gasteiger partial charge in [-0.2, -0.15) is 0 Å². The van der Waals surface area contributed by atoms with Crippen LogP contribution in [0.1, 0.15) is 58.3 Å². The zero-order valence-electron chi connectivity index (χ0n) is 12.0. The van der Waals surface area contributed by atoms with Gasteiger partial charge in [-0.3, -0.25) is 4.99 Å². The van der Waals surface area contributed by atoms with E-state index in [0.29, 0.717) is 0 Å². The largest absolute Gasteiger partial charge is 0.356 e. The number of nitrogens with one attached hydrogen (secondary N) is 2. The van der Waals surface area contributed by atoms with Crippen LogP contribution in [0.25, 0.3) is 0 Å². The van der Waals surface area contributed by atoms with Crippen LogP contribution in [0.5, 0.6) is 0 Å². The summed E-state index contributed by atoms with van der Waals surface area (Å²) < 4.78 is 0. The smallest absolute Gasteiger partial charge is 0.190 e. The van der Waals surface area contributed by atoms with Crippen molar-refractivity contribution in [2.45, 2.75) is 58.3 Å². The highest BCUT2D eigenvalue weighted by Gasteiger charge is 2.12. The molecule has 0 atom stereocenters. The van der Waals surface area contributed by atoms with Crippen molar-refractivity contribution in [1.82, 2.24) is 10.6 Å². The molecule has 3 nitrogen and oxygen atoms in total. The lowest BCUT2D eigenvalue weighted by Crippen LogP contribution is -2.38. The van der Waals surface area contributed by atoms with Gasteiger partial charge >= 0.3 is 0 Å². The van der Waals surface area contributed by atoms with Crippen molar-refractivity contribution in [2.24, 2.45) is 10.9 Å². The summed E-state index contributed by atoms with van der Waals surface area (Å²) in [7, 11) is 1.85. The Hall–Kier alpha value is 0. The summed E-state index contributed by atoms with van der Waals surface area (Å²) in [5.74, 6) is 1.92. The molecule has 0 unspecified atom stereocenters. The maximum atomic E-state index is 4.24. The van der Waals surface area contributed by atoms with E-state index in [9.17, 15) is 0 Å². The predicted molar refractivity (Wildman–Crippen MR) is 90.9 cm³/mol. The van der Waals surface area contributed by atoms with Gasteiger partial charge in [0.2, 0.25) is 0 Å². The van der Waals surface area contributed by atoms with Gasteiger partial charge in [0.15, 0.2) is 5.96 Å². The average Bonchev–Trinajstić information content (AvgIpc) is 2.38. The normalized spacial score (nSPS) is 17.1. The maximum absolute atomic E-state index is 4.24. The first-order valence-corrected chi connectivity index (χ1v) is 7.31. The molecule has 0 radical (unpaired) electrons. The van der Waals surface area contributed by atoms with Crippen molar-refractivity contribution >= 4 is 29.9 Å². The molecule has 0 saturated heterocycles. The van der Waals surface area contributed by atoms with Crippen molar-refractivity contribution in [3.63, 3.8) is 0 Å². The third-order valence-electron chi connectivity index (χ3n) is 3.62. The quantitative estimate of drug-likeness (QED) is 0.326. The van der Waals surface area contributed by atoms with Gasteiger partial charge in [0, 0.05) is 20.1 Å². The van der Waals surface area contributed by atoms with Crippen LogP contribution in [0, 0.1) is 5.92 Å². The van der Waals surface area contributed by atoms with E-state index in [4.69, 9.17) is 0 Å². The minimum atomic E-state index is 0. The Morgan fingerprint density at radius 2 is 1.78 bits per heavy atom. The Morgan fingerprint density at radius 3 is 2.39 bits per heavy atom. The summed E-state index contributed by atoms with van der Waals surface area (Å²) in [5.41, 5.74) is 0. The Labute approximate surface area is 130 Å². The SMILES string of the molecule is CCCCNC(=NC)NCCC1CCCCC1.I. The second-order valence-electron chi connectivity index (χ2n) is 5.07. The lowest BCUT2D eigenvalue weighted by molar-refractivity contribution is 0.339. The molecular weight excluding hydrogens is 337 g/mol. The fourth-order valence-corrected chi connectivity index (χ4v) is 2.47. The highest BCUT2D eigenvalue weighted by atomic mass is 127. The van der Waals surface area contributed by atoms with Crippen LogP contribution >= 0.6 is 24.0 Å². The second-order valence-corrected chi connectivity index (χ2v) is 5.07. The molecule has 0 aliphatic heterocycles. The van der Waals surface area contributed by atoms with Gasteiger partial charge in [-0.1, -0.05) is 45.4 Å². The van der Waals surface area contributed by atoms with Gasteiger partial charge in [0.1, 0.15) is 0 Å². The molecule has 0 aromatic heterocycles. The lowest BCUT2D eigenvalue weighted by Gasteiger charge is -2.22. The van der Waals surface area contributed by atoms with Gasteiger partial charge in [0.05, 0.1) is 0 Å². The first kappa shape index (κ1) is 18.0. The molecule has 0 amide bonds. The van der Waals surface area contributed by atoms with Gasteiger partial charge in [0.25, 0.3) is 0 Å². The molecule has 1 rings (SSSR count). The molecule has 1 fully saturated rings. The number of guanidine groups is 1. The molecule has 1 aliphatic rings. The van der Waals surface area contributed by atoms with Gasteiger partial charge in [-0.15, -0.1) is 24.0 Å². The number of hydrogen-bond donors (Lipinski definition) is 2. The molecular formula is C14H30IN3. The topological polar surface area (TPSA) is 36.4 Å². The van der Waals surface area contributed by atoms with Crippen molar-refractivity contribution in [3.05, 3.63) is 0 Å². The molecule has 1 saturated carbocycles. The molecule has 0 bridgehead atoms. The van der Waals surface area contributed by atoms with E-state index in [-0.39, 0.29) is 24.0 Å². The van der Waals surface area contributed by atoms with Crippen molar-refractivity contribution in [3.8, 4) is 0 Å². The summed E-state index contributed by atoms with van der Waals surface area (Å²) in [4.78, 5) is 4.24. The van der Waals surface area contributed by atoms with Gasteiger partial charge < -0.3 is 10.6 Å². The van der Waals surface area contributed by atoms with Crippen LogP contribution in [0.15, 0.2) is 4.99 Å². The van der Waals surface area contributed by atoms with Crippen LogP contribution < -0.4 is 10.6 Å². The summed E-state index contributed by atoms with van der Waals surface area (Å²) in [6, 6.07) is 0. The van der Waals surface area contributed by atoms with Crippen LogP contribution in [-0.4, -0.2) is 26.1 Å². The Bertz CT molecular complexity index is 213. The van der Waals surface area contributed by atoms with Crippen molar-refractivity contribution < 1.29 is 0 Å². The van der Waals surface area contributed by atoms with Gasteiger partial charge in [-0.05, 0) is 18.8 Å². The van der Waals surface area contributed by atoms with Gasteiger partial charge in [-0.25, -0.2) is 0 Å². The van der Waals surface area contributed by atoms with Crippen LogP contribution in [0.3, 0.4) is 0 Å². The number of hydrogen-bond acceptors (Lipinski definition) is 1. The molecule has 0 heterocycles. The number of nitrogens with zero attached hydrogens (tertiary/aromatic N) is 1. The maximum Gasteiger partial charge on any atom is 0.190 e. The molecule has 0 spiro atoms. The van der Waals surface area contributed by atoms with E-state index in [1.54, 1.807) is 0 Å². The second kappa shape index (κ2) is 12.1. The number of aliphatic imine (C=N–C) groups is 1. The van der Waals surface area contributed by atoms with E-state index in [0.717, 1.165) is 25.0 Å². The minimum absolute atomic E-state index is 0. The summed E-state index contributed by atoms with van der Waals surface area (Å²) in [6.45, 7) is 4.30. The lowest BCUT2D eigenvalue weighted by atomic mass is 9.87. The molecule has 4 heteroatoms. The first-order chi connectivity index (χ1) is 8.36. The van der Waals surface area contributed by atoms with Crippen molar-refractivity contribution in [1.29, 1.82) is 0 Å². The zero-order chi connectivity index (χ0) is 12.3. The van der Waals surface area contributed by atoms with E-state index >= 15 is 0 Å². The number of unbranched alkanes of at least 4 members (excludes halogenated alkanes) is 1. The third-order valence-corrected chi connectivity index (χ3v) is 3.62. The standard InChI is InChI=1S/C14H29N3.HI/c1-3-4-11-16-14(15-2)17-12-10-13-8-6-5-7-9-13;/h13H,3-12H2,1-2H3,(H2,15,16,17);1H. The zero-order valence-corrected chi connectivity index (χ0v) is 14.3. The van der Waals surface area contributed by atoms with Crippen LogP contribution in [-0.2, 0) is 0 Å². The minimum Gasteiger partial charge on any atom is -0.356 e. The predicted octanol–water partition coefficient (Wildman–Crippen LogP) is 3.54. The van der Waals surface area contributed by atoms with E-state index < -0.39 is 0 Å². The van der Waals surface area contributed by atoms with Crippen LogP contribution in [0.4, 0.5) is 0 Å². The Kier molecular flexibility index (Phi) is 12.1. The molecule has 18 heavy (non-hydrogen) atoms. The fourth-order valence-electron chi connectivity index (χ4n) is 2.47. The summed E-state index contributed by atoms with van der Waals surface area (Å²) in [6.07, 6.45) is 10.9. The van der Waals surface area contributed by atoms with Crippen LogP contribution in [0.2, 0.25) is 0 Å². The summed E-state index contributed by atoms with van der Waals surface area (Å²) in [5, 5.41) is 6.76. The molecule has 2 N–H and O–H groups in total. The highest BCUT2D eigenvalue weighted by Crippen LogP contribution is 2.25. The monoisotopic (exact) mass is 367 g/mol. The third kappa shape index (κ3) is 8.16. The number of halogens is 1. The van der Waals surface area contributed by atoms with Crippen molar-refractivity contribution in [2.75, 3.05) is 20.1 Å². The molecule has 0 aromatic rings. The molecule has 108 valence electrons. The molecule has 1 aliphatic carbocycles. The molecule has 0 aromatic carbocycles. The average molecular weight is 367 g/mol. The summed E-state index contributed by atoms with van der Waals surface area (Å²) >= 11 is 0. The van der Waals surface area contributed by atoms with E-state index in [2.05, 4.69) is 22.5 Å². The Morgan fingerprint density at radius 1 is 1.11 bits per heavy atom. The Balaban J connectivity index is 0.00000289. The van der Waals surface area contributed by atoms with E-state index in [1.807, 2.05) is 7.05 Å². The number of rotatable bonds is 6. The van der Waals surface area contributed by atoms with E-state index in [1.165, 1.54) is 51.4 Å². The fraction of sp³-hybridized carbons (Fsp3) is 0.929.